The summed E-state index contributed by atoms with van der Waals surface area (Å²) in [6, 6.07) is 15.2. The average Bonchev–Trinajstić information content (AvgIpc) is 3.25. The predicted molar refractivity (Wildman–Crippen MR) is 125 cm³/mol. The van der Waals surface area contributed by atoms with Gasteiger partial charge in [0.15, 0.2) is 5.13 Å². The summed E-state index contributed by atoms with van der Waals surface area (Å²) in [6.07, 6.45) is 4.56. The number of hydrogen-bond acceptors (Lipinski definition) is 5. The van der Waals surface area contributed by atoms with Crippen LogP contribution < -0.4 is 15.0 Å². The van der Waals surface area contributed by atoms with Crippen molar-refractivity contribution in [2.75, 3.05) is 18.1 Å². The molecule has 6 nitrogen and oxygen atoms in total. The zero-order chi connectivity index (χ0) is 22.8. The van der Waals surface area contributed by atoms with Crippen molar-refractivity contribution in [3.8, 4) is 5.75 Å². The molecule has 8 heteroatoms. The highest BCUT2D eigenvalue weighted by atomic mass is 32.1. The second kappa shape index (κ2) is 11.8. The first-order chi connectivity index (χ1) is 15.5. The Morgan fingerprint density at radius 2 is 1.88 bits per heavy atom. The normalized spacial score (nSPS) is 10.8. The van der Waals surface area contributed by atoms with Crippen molar-refractivity contribution in [3.05, 3.63) is 77.6 Å². The summed E-state index contributed by atoms with van der Waals surface area (Å²) in [4.78, 5) is 30.1. The fraction of sp³-hybridized carbons (Fsp3) is 0.208. The number of para-hydroxylation sites is 1. The maximum Gasteiger partial charge on any atom is 0.244 e. The molecule has 0 aliphatic carbocycles. The van der Waals surface area contributed by atoms with Gasteiger partial charge in [0.05, 0.1) is 18.0 Å². The number of hydrogen-bond donors (Lipinski definition) is 1. The van der Waals surface area contributed by atoms with E-state index in [4.69, 9.17) is 4.74 Å². The highest BCUT2D eigenvalue weighted by Crippen LogP contribution is 2.28. The number of thiazole rings is 1. The molecule has 2 aromatic carbocycles. The standard InChI is InChI=1S/C24H24FN3O3S/c1-18(29)28(21-7-3-2-4-8-21)24-27-20(17-32-24)11-14-23(30)26-15-5-6-16-31-22-12-9-19(25)10-13-22/h2-4,7-14,17H,5-6,15-16H2,1H3,(H,26,30)/b14-11+. The Labute approximate surface area is 190 Å². The number of amides is 2. The highest BCUT2D eigenvalue weighted by Gasteiger charge is 2.17. The van der Waals surface area contributed by atoms with Crippen molar-refractivity contribution in [3.63, 3.8) is 0 Å². The monoisotopic (exact) mass is 453 g/mol. The molecule has 2 amide bonds. The van der Waals surface area contributed by atoms with E-state index in [9.17, 15) is 14.0 Å². The van der Waals surface area contributed by atoms with Crippen molar-refractivity contribution in [1.82, 2.24) is 10.3 Å². The molecule has 0 radical (unpaired) electrons. The SMILES string of the molecule is CC(=O)N(c1ccccc1)c1nc(/C=C/C(=O)NCCCCOc2ccc(F)cc2)cs1. The van der Waals surface area contributed by atoms with Gasteiger partial charge < -0.3 is 10.1 Å². The van der Waals surface area contributed by atoms with Crippen molar-refractivity contribution >= 4 is 40.0 Å². The van der Waals surface area contributed by atoms with E-state index < -0.39 is 0 Å². The third-order valence-corrected chi connectivity index (χ3v) is 5.23. The number of carbonyl (C=O) groups excluding carboxylic acids is 2. The van der Waals surface area contributed by atoms with Crippen LogP contribution in [0.2, 0.25) is 0 Å². The number of nitrogens with one attached hydrogen (secondary N) is 1. The number of anilines is 2. The lowest BCUT2D eigenvalue weighted by Gasteiger charge is -2.17. The van der Waals surface area contributed by atoms with Crippen LogP contribution >= 0.6 is 11.3 Å². The van der Waals surface area contributed by atoms with Gasteiger partial charge in [0.2, 0.25) is 11.8 Å². The summed E-state index contributed by atoms with van der Waals surface area (Å²) in [5, 5.41) is 5.16. The predicted octanol–water partition coefficient (Wildman–Crippen LogP) is 4.96. The van der Waals surface area contributed by atoms with E-state index in [0.29, 0.717) is 29.7 Å². The van der Waals surface area contributed by atoms with Gasteiger partial charge in [-0.15, -0.1) is 11.3 Å². The van der Waals surface area contributed by atoms with Crippen LogP contribution in [0, 0.1) is 5.82 Å². The van der Waals surface area contributed by atoms with Gasteiger partial charge >= 0.3 is 0 Å². The smallest absolute Gasteiger partial charge is 0.244 e. The average molecular weight is 454 g/mol. The lowest BCUT2D eigenvalue weighted by Crippen LogP contribution is -2.22. The Bertz CT molecular complexity index is 1050. The fourth-order valence-corrected chi connectivity index (χ4v) is 3.69. The summed E-state index contributed by atoms with van der Waals surface area (Å²) >= 11 is 1.33. The molecule has 1 heterocycles. The van der Waals surface area contributed by atoms with E-state index in [1.54, 1.807) is 23.6 Å². The van der Waals surface area contributed by atoms with Gasteiger partial charge in [-0.3, -0.25) is 14.5 Å². The largest absolute Gasteiger partial charge is 0.494 e. The zero-order valence-electron chi connectivity index (χ0n) is 17.7. The summed E-state index contributed by atoms with van der Waals surface area (Å²) in [5.41, 5.74) is 1.35. The van der Waals surface area contributed by atoms with Gasteiger partial charge in [0.1, 0.15) is 11.6 Å². The molecule has 3 aromatic rings. The Morgan fingerprint density at radius 3 is 2.59 bits per heavy atom. The summed E-state index contributed by atoms with van der Waals surface area (Å²) < 4.78 is 18.4. The molecule has 32 heavy (non-hydrogen) atoms. The third-order valence-electron chi connectivity index (χ3n) is 4.39. The zero-order valence-corrected chi connectivity index (χ0v) is 18.5. The van der Waals surface area contributed by atoms with E-state index in [1.165, 1.54) is 41.4 Å². The van der Waals surface area contributed by atoms with Crippen LogP contribution in [0.1, 0.15) is 25.5 Å². The van der Waals surface area contributed by atoms with Crippen LogP contribution in [-0.2, 0) is 9.59 Å². The van der Waals surface area contributed by atoms with Crippen LogP contribution in [0.5, 0.6) is 5.75 Å². The first-order valence-corrected chi connectivity index (χ1v) is 11.1. The molecule has 0 spiro atoms. The Morgan fingerprint density at radius 1 is 1.12 bits per heavy atom. The molecule has 0 bridgehead atoms. The maximum atomic E-state index is 12.8. The molecule has 1 aromatic heterocycles. The van der Waals surface area contributed by atoms with E-state index in [0.717, 1.165) is 18.5 Å². The van der Waals surface area contributed by atoms with E-state index in [2.05, 4.69) is 10.3 Å². The van der Waals surface area contributed by atoms with Gasteiger partial charge in [-0.25, -0.2) is 9.37 Å². The van der Waals surface area contributed by atoms with Crippen molar-refractivity contribution in [2.45, 2.75) is 19.8 Å². The molecule has 0 saturated carbocycles. The molecule has 0 fully saturated rings. The van der Waals surface area contributed by atoms with Crippen molar-refractivity contribution in [2.24, 2.45) is 0 Å². The molecule has 1 N–H and O–H groups in total. The number of rotatable bonds is 10. The molecule has 0 atom stereocenters. The van der Waals surface area contributed by atoms with Gasteiger partial charge in [0, 0.05) is 24.9 Å². The van der Waals surface area contributed by atoms with Gasteiger partial charge in [0.25, 0.3) is 0 Å². The summed E-state index contributed by atoms with van der Waals surface area (Å²) in [7, 11) is 0. The van der Waals surface area contributed by atoms with Gasteiger partial charge in [-0.1, -0.05) is 18.2 Å². The number of aromatic nitrogens is 1. The second-order valence-electron chi connectivity index (χ2n) is 6.88. The number of benzene rings is 2. The van der Waals surface area contributed by atoms with E-state index in [1.807, 2.05) is 30.3 Å². The fourth-order valence-electron chi connectivity index (χ4n) is 2.84. The molecular formula is C24H24FN3O3S. The van der Waals surface area contributed by atoms with E-state index >= 15 is 0 Å². The lowest BCUT2D eigenvalue weighted by atomic mass is 10.3. The van der Waals surface area contributed by atoms with Crippen LogP contribution in [0.3, 0.4) is 0 Å². The minimum absolute atomic E-state index is 0.137. The summed E-state index contributed by atoms with van der Waals surface area (Å²) in [5.74, 6) is -0.0290. The number of unbranched alkanes of at least 4 members (excludes halogenated alkanes) is 1. The van der Waals surface area contributed by atoms with Gasteiger partial charge in [-0.2, -0.15) is 0 Å². The van der Waals surface area contributed by atoms with Crippen LogP contribution in [0.4, 0.5) is 15.2 Å². The van der Waals surface area contributed by atoms with Crippen molar-refractivity contribution < 1.29 is 18.7 Å². The number of nitrogens with zero attached hydrogens (tertiary/aromatic N) is 2. The Hall–Kier alpha value is -3.52. The van der Waals surface area contributed by atoms with Crippen LogP contribution in [-0.4, -0.2) is 29.9 Å². The molecular weight excluding hydrogens is 429 g/mol. The third kappa shape index (κ3) is 7.02. The van der Waals surface area contributed by atoms with Crippen LogP contribution in [0.25, 0.3) is 6.08 Å². The highest BCUT2D eigenvalue weighted by molar-refractivity contribution is 7.14. The molecule has 0 aliphatic heterocycles. The molecule has 0 aliphatic rings. The topological polar surface area (TPSA) is 71.5 Å². The minimum Gasteiger partial charge on any atom is -0.494 e. The first-order valence-electron chi connectivity index (χ1n) is 10.2. The summed E-state index contributed by atoms with van der Waals surface area (Å²) in [6.45, 7) is 2.50. The number of halogens is 1. The lowest BCUT2D eigenvalue weighted by molar-refractivity contribution is -0.117. The maximum absolute atomic E-state index is 12.8. The minimum atomic E-state index is -0.297. The molecule has 166 valence electrons. The van der Waals surface area contributed by atoms with Crippen LogP contribution in [0.15, 0.2) is 66.1 Å². The number of carbonyl (C=O) groups is 2. The molecule has 3 rings (SSSR count). The first kappa shape index (κ1) is 23.1. The molecule has 0 unspecified atom stereocenters. The van der Waals surface area contributed by atoms with E-state index in [-0.39, 0.29) is 17.6 Å². The second-order valence-corrected chi connectivity index (χ2v) is 7.72. The van der Waals surface area contributed by atoms with Crippen molar-refractivity contribution in [1.29, 1.82) is 0 Å². The molecule has 0 saturated heterocycles. The Balaban J connectivity index is 1.41. The number of ether oxygens (including phenoxy) is 1. The quantitative estimate of drug-likeness (QED) is 0.348. The Kier molecular flexibility index (Phi) is 8.51. The van der Waals surface area contributed by atoms with Gasteiger partial charge in [-0.05, 0) is 55.3 Å².